The highest BCUT2D eigenvalue weighted by atomic mass is 16.6. The maximum atomic E-state index is 12.7. The number of fused-ring (bicyclic) bond motifs is 2. The lowest BCUT2D eigenvalue weighted by Crippen LogP contribution is -2.35. The van der Waals surface area contributed by atoms with Gasteiger partial charge in [0.25, 0.3) is 0 Å². The zero-order valence-corrected chi connectivity index (χ0v) is 20.5. The molecule has 2 heterocycles. The summed E-state index contributed by atoms with van der Waals surface area (Å²) in [6, 6.07) is 12.3. The summed E-state index contributed by atoms with van der Waals surface area (Å²) >= 11 is 0. The molecule has 0 radical (unpaired) electrons. The van der Waals surface area contributed by atoms with Crippen LogP contribution in [0.1, 0.15) is 52.7 Å². The van der Waals surface area contributed by atoms with Gasteiger partial charge in [0.2, 0.25) is 5.95 Å². The van der Waals surface area contributed by atoms with E-state index in [1.165, 1.54) is 5.56 Å². The van der Waals surface area contributed by atoms with Crippen molar-refractivity contribution < 1.29 is 9.53 Å². The third-order valence-electron chi connectivity index (χ3n) is 5.57. The Kier molecular flexibility index (Phi) is 5.86. The van der Waals surface area contributed by atoms with Gasteiger partial charge in [-0.25, -0.2) is 9.78 Å². The molecule has 0 spiro atoms. The summed E-state index contributed by atoms with van der Waals surface area (Å²) in [5.74, 6) is 0.423. The second-order valence-electron chi connectivity index (χ2n) is 11.0. The molecule has 1 aromatic heterocycles. The van der Waals surface area contributed by atoms with Gasteiger partial charge in [0.15, 0.2) is 0 Å². The summed E-state index contributed by atoms with van der Waals surface area (Å²) in [4.78, 5) is 19.1. The number of benzene rings is 2. The van der Waals surface area contributed by atoms with Gasteiger partial charge >= 0.3 is 6.09 Å². The average Bonchev–Trinajstić information content (AvgIpc) is 3.24. The van der Waals surface area contributed by atoms with Crippen molar-refractivity contribution in [3.8, 4) is 5.69 Å². The third kappa shape index (κ3) is 5.14. The Labute approximate surface area is 195 Å². The molecule has 0 bridgehead atoms. The first-order chi connectivity index (χ1) is 15.4. The molecule has 0 unspecified atom stereocenters. The molecule has 3 aromatic rings. The quantitative estimate of drug-likeness (QED) is 0.583. The van der Waals surface area contributed by atoms with Crippen LogP contribution in [0.25, 0.3) is 16.7 Å². The maximum absolute atomic E-state index is 12.7. The van der Waals surface area contributed by atoms with E-state index in [0.29, 0.717) is 12.5 Å². The summed E-state index contributed by atoms with van der Waals surface area (Å²) in [6.07, 6.45) is 0.481. The highest BCUT2D eigenvalue weighted by molar-refractivity contribution is 5.91. The van der Waals surface area contributed by atoms with E-state index in [9.17, 15) is 4.79 Å². The lowest BCUT2D eigenvalue weighted by molar-refractivity contribution is 0.0584. The predicted molar refractivity (Wildman–Crippen MR) is 134 cm³/mol. The zero-order valence-electron chi connectivity index (χ0n) is 20.5. The van der Waals surface area contributed by atoms with Crippen molar-refractivity contribution in [1.82, 2.24) is 14.9 Å². The number of anilines is 2. The monoisotopic (exact) mass is 449 g/mol. The van der Waals surface area contributed by atoms with Gasteiger partial charge in [-0.05, 0) is 68.0 Å². The third-order valence-corrected chi connectivity index (χ3v) is 5.57. The number of rotatable bonds is 4. The number of carbonyl (C=O) groups excluding carboxylic acids is 1. The van der Waals surface area contributed by atoms with Crippen molar-refractivity contribution in [2.45, 2.75) is 60.1 Å². The van der Waals surface area contributed by atoms with Crippen molar-refractivity contribution in [2.75, 3.05) is 23.7 Å². The predicted octanol–water partition coefficient (Wildman–Crippen LogP) is 5.04. The van der Waals surface area contributed by atoms with Crippen LogP contribution in [0.3, 0.4) is 0 Å². The maximum Gasteiger partial charge on any atom is 0.414 e. The number of nitrogens with one attached hydrogen (secondary N) is 1. The molecule has 0 saturated heterocycles. The first kappa shape index (κ1) is 23.1. The highest BCUT2D eigenvalue weighted by Crippen LogP contribution is 2.33. The van der Waals surface area contributed by atoms with Crippen molar-refractivity contribution in [3.05, 3.63) is 47.5 Å². The van der Waals surface area contributed by atoms with E-state index >= 15 is 0 Å². The van der Waals surface area contributed by atoms with Crippen LogP contribution in [0, 0.1) is 5.41 Å². The number of imidazole rings is 1. The molecule has 0 fully saturated rings. The van der Waals surface area contributed by atoms with Gasteiger partial charge in [0, 0.05) is 19.6 Å². The molecule has 7 heteroatoms. The second-order valence-corrected chi connectivity index (χ2v) is 11.0. The van der Waals surface area contributed by atoms with Crippen LogP contribution >= 0.6 is 0 Å². The zero-order chi connectivity index (χ0) is 24.0. The summed E-state index contributed by atoms with van der Waals surface area (Å²) in [7, 11) is 0. The normalized spacial score (nSPS) is 14.1. The standard InChI is InChI=1S/C26H35N5O2/c1-25(2,3)16-28-15-17-7-10-21-20(13-17)29-23(27)31(21)19-9-8-18-11-12-30(22(18)14-19)24(32)33-26(4,5)6/h7-10,13-14,28H,11-12,15-16H2,1-6H3,(H2,27,29). The topological polar surface area (TPSA) is 85.4 Å². The van der Waals surface area contributed by atoms with Gasteiger partial charge in [-0.3, -0.25) is 9.47 Å². The first-order valence-electron chi connectivity index (χ1n) is 11.5. The molecule has 1 aliphatic heterocycles. The number of nitrogen functional groups attached to an aromatic ring is 1. The van der Waals surface area contributed by atoms with Crippen LogP contribution < -0.4 is 16.0 Å². The first-order valence-corrected chi connectivity index (χ1v) is 11.5. The SMILES string of the molecule is CC(C)(C)CNCc1ccc2c(c1)nc(N)n2-c1ccc2c(c1)N(C(=O)OC(C)(C)C)CC2. The Balaban J connectivity index is 1.62. The van der Waals surface area contributed by atoms with Crippen LogP contribution in [-0.2, 0) is 17.7 Å². The van der Waals surface area contributed by atoms with Crippen LogP contribution in [0.2, 0.25) is 0 Å². The van der Waals surface area contributed by atoms with Crippen molar-refractivity contribution in [1.29, 1.82) is 0 Å². The molecular formula is C26H35N5O2. The molecular weight excluding hydrogens is 414 g/mol. The average molecular weight is 450 g/mol. The van der Waals surface area contributed by atoms with Gasteiger partial charge in [-0.15, -0.1) is 0 Å². The smallest absolute Gasteiger partial charge is 0.414 e. The van der Waals surface area contributed by atoms with E-state index in [1.54, 1.807) is 4.90 Å². The number of carbonyl (C=O) groups is 1. The Morgan fingerprint density at radius 1 is 1.12 bits per heavy atom. The van der Waals surface area contributed by atoms with E-state index in [0.717, 1.165) is 47.5 Å². The van der Waals surface area contributed by atoms with Crippen molar-refractivity contribution >= 4 is 28.8 Å². The Hall–Kier alpha value is -3.06. The van der Waals surface area contributed by atoms with Crippen LogP contribution in [0.15, 0.2) is 36.4 Å². The molecule has 0 aliphatic carbocycles. The molecule has 1 aliphatic rings. The van der Waals surface area contributed by atoms with Crippen LogP contribution in [0.4, 0.5) is 16.4 Å². The van der Waals surface area contributed by atoms with E-state index < -0.39 is 5.60 Å². The Morgan fingerprint density at radius 2 is 1.88 bits per heavy atom. The number of hydrogen-bond acceptors (Lipinski definition) is 5. The molecule has 4 rings (SSSR count). The molecule has 1 amide bonds. The fourth-order valence-electron chi connectivity index (χ4n) is 4.12. The number of amides is 1. The van der Waals surface area contributed by atoms with Crippen LogP contribution in [-0.4, -0.2) is 34.3 Å². The van der Waals surface area contributed by atoms with E-state index in [2.05, 4.69) is 55.3 Å². The van der Waals surface area contributed by atoms with Gasteiger partial charge in [-0.2, -0.15) is 0 Å². The Morgan fingerprint density at radius 3 is 2.58 bits per heavy atom. The molecule has 2 aromatic carbocycles. The van der Waals surface area contributed by atoms with Gasteiger partial charge in [0.05, 0.1) is 22.4 Å². The number of ether oxygens (including phenoxy) is 1. The lowest BCUT2D eigenvalue weighted by atomic mass is 9.97. The number of nitrogens with two attached hydrogens (primary N) is 1. The van der Waals surface area contributed by atoms with E-state index in [-0.39, 0.29) is 11.5 Å². The summed E-state index contributed by atoms with van der Waals surface area (Å²) < 4.78 is 7.54. The number of hydrogen-bond donors (Lipinski definition) is 2. The Bertz CT molecular complexity index is 1180. The largest absolute Gasteiger partial charge is 0.443 e. The fourth-order valence-corrected chi connectivity index (χ4v) is 4.12. The summed E-state index contributed by atoms with van der Waals surface area (Å²) in [5, 5.41) is 3.50. The fraction of sp³-hybridized carbons (Fsp3) is 0.462. The van der Waals surface area contributed by atoms with Crippen molar-refractivity contribution in [2.24, 2.45) is 5.41 Å². The lowest BCUT2D eigenvalue weighted by Gasteiger charge is -2.25. The summed E-state index contributed by atoms with van der Waals surface area (Å²) in [6.45, 7) is 14.6. The molecule has 7 nitrogen and oxygen atoms in total. The summed E-state index contributed by atoms with van der Waals surface area (Å²) in [5.41, 5.74) is 11.9. The molecule has 33 heavy (non-hydrogen) atoms. The van der Waals surface area contributed by atoms with Gasteiger partial charge in [-0.1, -0.05) is 32.9 Å². The molecule has 176 valence electrons. The van der Waals surface area contributed by atoms with Gasteiger partial charge in [0.1, 0.15) is 5.60 Å². The highest BCUT2D eigenvalue weighted by Gasteiger charge is 2.29. The molecule has 3 N–H and O–H groups in total. The van der Waals surface area contributed by atoms with Crippen molar-refractivity contribution in [3.63, 3.8) is 0 Å². The van der Waals surface area contributed by atoms with Gasteiger partial charge < -0.3 is 15.8 Å². The van der Waals surface area contributed by atoms with E-state index in [4.69, 9.17) is 10.5 Å². The second kappa shape index (κ2) is 8.37. The number of nitrogens with zero attached hydrogens (tertiary/aromatic N) is 3. The minimum Gasteiger partial charge on any atom is -0.443 e. The molecule has 0 atom stereocenters. The minimum atomic E-state index is -0.540. The number of aromatic nitrogens is 2. The van der Waals surface area contributed by atoms with Crippen LogP contribution in [0.5, 0.6) is 0 Å². The minimum absolute atomic E-state index is 0.233. The molecule has 0 saturated carbocycles. The van der Waals surface area contributed by atoms with E-state index in [1.807, 2.05) is 37.5 Å².